The van der Waals surface area contributed by atoms with Gasteiger partial charge in [-0.15, -0.1) is 0 Å². The molecule has 1 aromatic rings. The fraction of sp³-hybridized carbons (Fsp3) is 0.500. The third-order valence-electron chi connectivity index (χ3n) is 2.28. The average Bonchev–Trinajstić information content (AvgIpc) is 2.30. The molecule has 0 aliphatic heterocycles. The van der Waals surface area contributed by atoms with E-state index in [1.165, 1.54) is 6.07 Å². The maximum atomic E-state index is 10.8. The highest BCUT2D eigenvalue weighted by atomic mass is 16.6. The first kappa shape index (κ1) is 13.4. The minimum atomic E-state index is -0.422. The van der Waals surface area contributed by atoms with Crippen LogP contribution in [0.25, 0.3) is 0 Å². The highest BCUT2D eigenvalue weighted by molar-refractivity contribution is 5.48. The van der Waals surface area contributed by atoms with Gasteiger partial charge < -0.3 is 10.1 Å². The van der Waals surface area contributed by atoms with E-state index in [1.54, 1.807) is 12.1 Å². The van der Waals surface area contributed by atoms with E-state index in [0.29, 0.717) is 18.9 Å². The van der Waals surface area contributed by atoms with Gasteiger partial charge in [-0.2, -0.15) is 0 Å². The molecule has 0 heterocycles. The van der Waals surface area contributed by atoms with Gasteiger partial charge in [-0.3, -0.25) is 10.1 Å². The lowest BCUT2D eigenvalue weighted by Gasteiger charge is -2.07. The van der Waals surface area contributed by atoms with Crippen LogP contribution < -0.4 is 10.1 Å². The molecule has 5 heteroatoms. The quantitative estimate of drug-likeness (QED) is 0.450. The van der Waals surface area contributed by atoms with E-state index in [4.69, 9.17) is 4.74 Å². The van der Waals surface area contributed by atoms with Crippen molar-refractivity contribution in [1.29, 1.82) is 0 Å². The topological polar surface area (TPSA) is 64.4 Å². The number of nitrogens with zero attached hydrogens (tertiary/aromatic N) is 1. The largest absolute Gasteiger partial charge is 0.487 e. The molecule has 1 aromatic carbocycles. The van der Waals surface area contributed by atoms with Crippen LogP contribution >= 0.6 is 0 Å². The Hall–Kier alpha value is -1.62. The van der Waals surface area contributed by atoms with Gasteiger partial charge in [-0.1, -0.05) is 13.0 Å². The lowest BCUT2D eigenvalue weighted by atomic mass is 10.2. The van der Waals surface area contributed by atoms with Crippen molar-refractivity contribution in [3.8, 4) is 5.75 Å². The molecule has 0 radical (unpaired) electrons. The standard InChI is InChI=1S/C12H18N2O3/c1-3-7-13-9-10-5-6-11(14(15)16)12(8-10)17-4-2/h5-6,8,13H,3-4,7,9H2,1-2H3. The van der Waals surface area contributed by atoms with Crippen molar-refractivity contribution in [2.45, 2.75) is 26.8 Å². The van der Waals surface area contributed by atoms with Crippen molar-refractivity contribution < 1.29 is 9.66 Å². The van der Waals surface area contributed by atoms with Gasteiger partial charge in [0.05, 0.1) is 11.5 Å². The summed E-state index contributed by atoms with van der Waals surface area (Å²) in [6.45, 7) is 5.96. The Morgan fingerprint density at radius 3 is 2.76 bits per heavy atom. The van der Waals surface area contributed by atoms with E-state index >= 15 is 0 Å². The molecular weight excluding hydrogens is 220 g/mol. The Morgan fingerprint density at radius 1 is 1.41 bits per heavy atom. The molecule has 94 valence electrons. The van der Waals surface area contributed by atoms with E-state index in [-0.39, 0.29) is 5.69 Å². The first-order chi connectivity index (χ1) is 8.19. The number of ether oxygens (including phenoxy) is 1. The van der Waals surface area contributed by atoms with Gasteiger partial charge in [0, 0.05) is 12.6 Å². The molecule has 0 aromatic heterocycles. The summed E-state index contributed by atoms with van der Waals surface area (Å²) in [5.74, 6) is 0.341. The van der Waals surface area contributed by atoms with Crippen LogP contribution in [0.2, 0.25) is 0 Å². The maximum Gasteiger partial charge on any atom is 0.310 e. The minimum Gasteiger partial charge on any atom is -0.487 e. The van der Waals surface area contributed by atoms with Crippen LogP contribution in [0, 0.1) is 10.1 Å². The number of nitro benzene ring substituents is 1. The van der Waals surface area contributed by atoms with Crippen LogP contribution in [0.4, 0.5) is 5.69 Å². The van der Waals surface area contributed by atoms with Crippen LogP contribution in [-0.4, -0.2) is 18.1 Å². The second-order valence-electron chi connectivity index (χ2n) is 3.67. The zero-order chi connectivity index (χ0) is 12.7. The number of rotatable bonds is 7. The fourth-order valence-electron chi connectivity index (χ4n) is 1.50. The van der Waals surface area contributed by atoms with Crippen molar-refractivity contribution in [3.05, 3.63) is 33.9 Å². The molecule has 0 saturated heterocycles. The van der Waals surface area contributed by atoms with Gasteiger partial charge in [0.2, 0.25) is 0 Å². The Labute approximate surface area is 101 Å². The second kappa shape index (κ2) is 6.85. The summed E-state index contributed by atoms with van der Waals surface area (Å²) in [6, 6.07) is 4.97. The van der Waals surface area contributed by atoms with E-state index in [0.717, 1.165) is 18.5 Å². The van der Waals surface area contributed by atoms with Gasteiger partial charge >= 0.3 is 5.69 Å². The lowest BCUT2D eigenvalue weighted by molar-refractivity contribution is -0.385. The second-order valence-corrected chi connectivity index (χ2v) is 3.67. The average molecular weight is 238 g/mol. The van der Waals surface area contributed by atoms with E-state index in [1.807, 2.05) is 6.92 Å². The van der Waals surface area contributed by atoms with Gasteiger partial charge in [0.15, 0.2) is 5.75 Å². The zero-order valence-electron chi connectivity index (χ0n) is 10.2. The third-order valence-corrected chi connectivity index (χ3v) is 2.28. The monoisotopic (exact) mass is 238 g/mol. The molecule has 0 spiro atoms. The normalized spacial score (nSPS) is 10.2. The van der Waals surface area contributed by atoms with E-state index in [9.17, 15) is 10.1 Å². The third kappa shape index (κ3) is 4.03. The summed E-state index contributed by atoms with van der Waals surface area (Å²) >= 11 is 0. The minimum absolute atomic E-state index is 0.0195. The highest BCUT2D eigenvalue weighted by Gasteiger charge is 2.14. The summed E-state index contributed by atoms with van der Waals surface area (Å²) < 4.78 is 5.28. The fourth-order valence-corrected chi connectivity index (χ4v) is 1.50. The van der Waals surface area contributed by atoms with E-state index in [2.05, 4.69) is 12.2 Å². The maximum absolute atomic E-state index is 10.8. The smallest absolute Gasteiger partial charge is 0.310 e. The lowest BCUT2D eigenvalue weighted by Crippen LogP contribution is -2.13. The van der Waals surface area contributed by atoms with Crippen LogP contribution in [-0.2, 0) is 6.54 Å². The molecule has 0 unspecified atom stereocenters. The number of hydrogen-bond acceptors (Lipinski definition) is 4. The van der Waals surface area contributed by atoms with E-state index < -0.39 is 4.92 Å². The van der Waals surface area contributed by atoms with Crippen LogP contribution in [0.1, 0.15) is 25.8 Å². The molecule has 0 bridgehead atoms. The van der Waals surface area contributed by atoms with Gasteiger partial charge in [0.1, 0.15) is 0 Å². The summed E-state index contributed by atoms with van der Waals surface area (Å²) in [5, 5.41) is 14.0. The first-order valence-corrected chi connectivity index (χ1v) is 5.79. The molecular formula is C12H18N2O3. The number of benzene rings is 1. The molecule has 1 N–H and O–H groups in total. The van der Waals surface area contributed by atoms with Crippen LogP contribution in [0.15, 0.2) is 18.2 Å². The summed E-state index contributed by atoms with van der Waals surface area (Å²) in [4.78, 5) is 10.4. The Balaban J connectivity index is 2.81. The molecule has 0 atom stereocenters. The highest BCUT2D eigenvalue weighted by Crippen LogP contribution is 2.27. The summed E-state index contributed by atoms with van der Waals surface area (Å²) in [6.07, 6.45) is 1.06. The van der Waals surface area contributed by atoms with Gasteiger partial charge in [-0.25, -0.2) is 0 Å². The van der Waals surface area contributed by atoms with Crippen LogP contribution in [0.5, 0.6) is 5.75 Å². The van der Waals surface area contributed by atoms with Crippen molar-refractivity contribution in [1.82, 2.24) is 5.32 Å². The Bertz CT molecular complexity index is 380. The van der Waals surface area contributed by atoms with Crippen molar-refractivity contribution >= 4 is 5.69 Å². The predicted octanol–water partition coefficient (Wildman–Crippen LogP) is 2.49. The van der Waals surface area contributed by atoms with Gasteiger partial charge in [0.25, 0.3) is 0 Å². The molecule has 0 saturated carbocycles. The molecule has 5 nitrogen and oxygen atoms in total. The van der Waals surface area contributed by atoms with Crippen molar-refractivity contribution in [2.75, 3.05) is 13.2 Å². The van der Waals surface area contributed by atoms with Gasteiger partial charge in [-0.05, 0) is 31.5 Å². The molecule has 17 heavy (non-hydrogen) atoms. The molecule has 0 aliphatic rings. The molecule has 0 fully saturated rings. The Morgan fingerprint density at radius 2 is 2.18 bits per heavy atom. The predicted molar refractivity (Wildman–Crippen MR) is 66.3 cm³/mol. The number of nitrogens with one attached hydrogen (secondary N) is 1. The SMILES string of the molecule is CCCNCc1ccc([N+](=O)[O-])c(OCC)c1. The molecule has 1 rings (SSSR count). The molecule has 0 amide bonds. The van der Waals surface area contributed by atoms with Crippen molar-refractivity contribution in [3.63, 3.8) is 0 Å². The number of nitro groups is 1. The van der Waals surface area contributed by atoms with Crippen LogP contribution in [0.3, 0.4) is 0 Å². The zero-order valence-corrected chi connectivity index (χ0v) is 10.2. The molecule has 0 aliphatic carbocycles. The van der Waals surface area contributed by atoms with Crippen molar-refractivity contribution in [2.24, 2.45) is 0 Å². The Kier molecular flexibility index (Phi) is 5.42. The first-order valence-electron chi connectivity index (χ1n) is 5.79. The number of hydrogen-bond donors (Lipinski definition) is 1. The summed E-state index contributed by atoms with van der Waals surface area (Å²) in [7, 11) is 0. The summed E-state index contributed by atoms with van der Waals surface area (Å²) in [5.41, 5.74) is 1.01.